The Kier molecular flexibility index (Phi) is 2.27. The number of hydrogen-bond acceptors (Lipinski definition) is 2. The summed E-state index contributed by atoms with van der Waals surface area (Å²) in [4.78, 5) is 0. The van der Waals surface area contributed by atoms with Crippen LogP contribution >= 0.6 is 0 Å². The molecule has 1 aliphatic heterocycles. The zero-order valence-electron chi connectivity index (χ0n) is 7.77. The first kappa shape index (κ1) is 10.2. The van der Waals surface area contributed by atoms with E-state index >= 15 is 0 Å². The minimum Gasteiger partial charge on any atom is -0.380 e. The molecule has 2 nitrogen and oxygen atoms in total. The first-order valence-electron chi connectivity index (χ1n) is 4.96. The molecular weight excluding hydrogens is 195 g/mol. The molecule has 2 rings (SSSR count). The van der Waals surface area contributed by atoms with E-state index in [4.69, 9.17) is 0 Å². The number of aliphatic hydroxyl groups is 1. The van der Waals surface area contributed by atoms with Crippen LogP contribution in [0.25, 0.3) is 0 Å². The average molecular weight is 209 g/mol. The van der Waals surface area contributed by atoms with E-state index in [1.807, 2.05) is 0 Å². The van der Waals surface area contributed by atoms with Crippen LogP contribution in [0.2, 0.25) is 0 Å². The van der Waals surface area contributed by atoms with Crippen LogP contribution in [0.1, 0.15) is 19.3 Å². The molecule has 2 atom stereocenters. The second-order valence-corrected chi connectivity index (χ2v) is 4.31. The van der Waals surface area contributed by atoms with Crippen molar-refractivity contribution in [2.45, 2.75) is 31.0 Å². The van der Waals surface area contributed by atoms with Crippen molar-refractivity contribution in [2.75, 3.05) is 13.1 Å². The quantitative estimate of drug-likeness (QED) is 0.630. The third-order valence-corrected chi connectivity index (χ3v) is 3.59. The van der Waals surface area contributed by atoms with Gasteiger partial charge < -0.3 is 10.4 Å². The molecule has 82 valence electrons. The van der Waals surface area contributed by atoms with Gasteiger partial charge in [0.15, 0.2) is 5.60 Å². The van der Waals surface area contributed by atoms with Gasteiger partial charge >= 0.3 is 6.18 Å². The number of hydrogen-bond donors (Lipinski definition) is 2. The summed E-state index contributed by atoms with van der Waals surface area (Å²) < 4.78 is 38.3. The lowest BCUT2D eigenvalue weighted by molar-refractivity contribution is -0.312. The Morgan fingerprint density at radius 1 is 1.14 bits per heavy atom. The minimum atomic E-state index is -4.48. The fourth-order valence-electron chi connectivity index (χ4n) is 2.79. The van der Waals surface area contributed by atoms with Crippen molar-refractivity contribution in [3.05, 3.63) is 0 Å². The molecule has 2 aliphatic rings. The van der Waals surface area contributed by atoms with Gasteiger partial charge in [-0.1, -0.05) is 6.42 Å². The summed E-state index contributed by atoms with van der Waals surface area (Å²) in [5, 5.41) is 12.8. The Morgan fingerprint density at radius 2 is 1.64 bits per heavy atom. The standard InChI is InChI=1S/C9H14F3NO/c10-9(11,12)8(14)6-2-1-3-7(8)5-13-4-6/h6-7,13-14H,1-5H2/t6-,7-/m0/s1. The molecule has 2 fully saturated rings. The molecule has 0 radical (unpaired) electrons. The van der Waals surface area contributed by atoms with Crippen molar-refractivity contribution >= 4 is 0 Å². The fraction of sp³-hybridized carbons (Fsp3) is 1.00. The molecule has 0 spiro atoms. The molecular formula is C9H14F3NO. The van der Waals surface area contributed by atoms with E-state index in [1.165, 1.54) is 0 Å². The highest BCUT2D eigenvalue weighted by molar-refractivity contribution is 5.05. The molecule has 0 aromatic rings. The van der Waals surface area contributed by atoms with Gasteiger partial charge in [0, 0.05) is 24.9 Å². The van der Waals surface area contributed by atoms with Crippen LogP contribution in [0, 0.1) is 11.8 Å². The molecule has 2 N–H and O–H groups in total. The summed E-state index contributed by atoms with van der Waals surface area (Å²) >= 11 is 0. The van der Waals surface area contributed by atoms with Crippen LogP contribution in [0.3, 0.4) is 0 Å². The van der Waals surface area contributed by atoms with Crippen molar-refractivity contribution in [1.82, 2.24) is 5.32 Å². The van der Waals surface area contributed by atoms with E-state index in [2.05, 4.69) is 5.32 Å². The van der Waals surface area contributed by atoms with Gasteiger partial charge in [-0.2, -0.15) is 13.2 Å². The molecule has 0 aromatic carbocycles. The lowest BCUT2D eigenvalue weighted by Gasteiger charge is -2.50. The second kappa shape index (κ2) is 3.10. The van der Waals surface area contributed by atoms with Gasteiger partial charge in [0.2, 0.25) is 0 Å². The summed E-state index contributed by atoms with van der Waals surface area (Å²) in [6, 6.07) is 0. The number of rotatable bonds is 0. The first-order valence-corrected chi connectivity index (χ1v) is 4.96. The first-order chi connectivity index (χ1) is 6.46. The average Bonchev–Trinajstić information content (AvgIpc) is 2.00. The summed E-state index contributed by atoms with van der Waals surface area (Å²) in [7, 11) is 0. The molecule has 0 aromatic heterocycles. The third kappa shape index (κ3) is 1.26. The van der Waals surface area contributed by atoms with Crippen LogP contribution in [-0.2, 0) is 0 Å². The van der Waals surface area contributed by atoms with Crippen molar-refractivity contribution < 1.29 is 18.3 Å². The second-order valence-electron chi connectivity index (χ2n) is 4.31. The van der Waals surface area contributed by atoms with E-state index < -0.39 is 23.6 Å². The zero-order valence-corrected chi connectivity index (χ0v) is 7.77. The Hall–Kier alpha value is -0.290. The predicted octanol–water partition coefficient (Wildman–Crippen LogP) is 1.30. The zero-order chi connectivity index (χ0) is 10.4. The van der Waals surface area contributed by atoms with Gasteiger partial charge in [-0.25, -0.2) is 0 Å². The maximum atomic E-state index is 12.8. The lowest BCUT2D eigenvalue weighted by Crippen LogP contribution is -2.66. The van der Waals surface area contributed by atoms with Gasteiger partial charge in [0.05, 0.1) is 0 Å². The highest BCUT2D eigenvalue weighted by Gasteiger charge is 2.64. The van der Waals surface area contributed by atoms with Gasteiger partial charge in [0.25, 0.3) is 0 Å². The minimum absolute atomic E-state index is 0.284. The van der Waals surface area contributed by atoms with Crippen LogP contribution in [-0.4, -0.2) is 30.0 Å². The maximum absolute atomic E-state index is 12.8. The molecule has 1 saturated carbocycles. The summed E-state index contributed by atoms with van der Waals surface area (Å²) in [6.07, 6.45) is -2.74. The van der Waals surface area contributed by atoms with Gasteiger partial charge in [-0.15, -0.1) is 0 Å². The van der Waals surface area contributed by atoms with Crippen LogP contribution in [0.5, 0.6) is 0 Å². The normalized spacial score (nSPS) is 43.7. The summed E-state index contributed by atoms with van der Waals surface area (Å²) in [6.45, 7) is 0.568. The number of piperidine rings is 1. The summed E-state index contributed by atoms with van der Waals surface area (Å²) in [5.41, 5.74) is -2.43. The number of halogens is 3. The van der Waals surface area contributed by atoms with Gasteiger partial charge in [-0.3, -0.25) is 0 Å². The highest BCUT2D eigenvalue weighted by atomic mass is 19.4. The van der Waals surface area contributed by atoms with Crippen molar-refractivity contribution in [3.63, 3.8) is 0 Å². The highest BCUT2D eigenvalue weighted by Crippen LogP contribution is 2.49. The molecule has 5 heteroatoms. The van der Waals surface area contributed by atoms with E-state index in [1.54, 1.807) is 0 Å². The topological polar surface area (TPSA) is 32.3 Å². The van der Waals surface area contributed by atoms with E-state index in [-0.39, 0.29) is 13.1 Å². The fourth-order valence-corrected chi connectivity index (χ4v) is 2.79. The SMILES string of the molecule is OC1(C(F)(F)F)[C@H]2CCC[C@H]1CNC2. The summed E-state index contributed by atoms with van der Waals surface area (Å²) in [5.74, 6) is -1.31. The largest absolute Gasteiger partial charge is 0.417 e. The lowest BCUT2D eigenvalue weighted by atomic mass is 9.65. The molecule has 1 heterocycles. The van der Waals surface area contributed by atoms with E-state index in [9.17, 15) is 18.3 Å². The predicted molar refractivity (Wildman–Crippen MR) is 44.7 cm³/mol. The van der Waals surface area contributed by atoms with Gasteiger partial charge in [0.1, 0.15) is 0 Å². The van der Waals surface area contributed by atoms with E-state index in [0.717, 1.165) is 6.42 Å². The Bertz CT molecular complexity index is 207. The molecule has 14 heavy (non-hydrogen) atoms. The monoisotopic (exact) mass is 209 g/mol. The van der Waals surface area contributed by atoms with Crippen LogP contribution in [0.15, 0.2) is 0 Å². The van der Waals surface area contributed by atoms with Gasteiger partial charge in [-0.05, 0) is 12.8 Å². The Balaban J connectivity index is 2.31. The van der Waals surface area contributed by atoms with Crippen molar-refractivity contribution in [3.8, 4) is 0 Å². The molecule has 2 bridgehead atoms. The van der Waals surface area contributed by atoms with Crippen molar-refractivity contribution in [2.24, 2.45) is 11.8 Å². The smallest absolute Gasteiger partial charge is 0.380 e. The van der Waals surface area contributed by atoms with E-state index in [0.29, 0.717) is 12.8 Å². The van der Waals surface area contributed by atoms with Crippen LogP contribution in [0.4, 0.5) is 13.2 Å². The number of fused-ring (bicyclic) bond motifs is 2. The molecule has 0 amide bonds. The Labute approximate surface area is 80.5 Å². The molecule has 0 unspecified atom stereocenters. The third-order valence-electron chi connectivity index (χ3n) is 3.59. The maximum Gasteiger partial charge on any atom is 0.417 e. The Morgan fingerprint density at radius 3 is 2.00 bits per heavy atom. The number of alkyl halides is 3. The molecule has 1 aliphatic carbocycles. The number of nitrogens with one attached hydrogen (secondary N) is 1. The molecule has 1 saturated heterocycles. The van der Waals surface area contributed by atoms with Crippen molar-refractivity contribution in [1.29, 1.82) is 0 Å². The van der Waals surface area contributed by atoms with Crippen LogP contribution < -0.4 is 5.32 Å².